The van der Waals surface area contributed by atoms with Crippen molar-refractivity contribution < 1.29 is 19.1 Å². The molecule has 0 aromatic heterocycles. The summed E-state index contributed by atoms with van der Waals surface area (Å²) in [5.41, 5.74) is 2.49. The van der Waals surface area contributed by atoms with Gasteiger partial charge in [-0.1, -0.05) is 24.6 Å². The maximum Gasteiger partial charge on any atom is 0.255 e. The number of likely N-dealkylation sites (tertiary alicyclic amines) is 1. The first-order valence-electron chi connectivity index (χ1n) is 13.7. The Morgan fingerprint density at radius 3 is 2.58 bits per heavy atom. The van der Waals surface area contributed by atoms with Crippen LogP contribution in [0.4, 0.5) is 0 Å². The van der Waals surface area contributed by atoms with E-state index in [0.717, 1.165) is 54.8 Å². The number of hydrogen-bond acceptors (Lipinski definition) is 6. The quantitative estimate of drug-likeness (QED) is 0.620. The Morgan fingerprint density at radius 2 is 1.79 bits per heavy atom. The third-order valence-electron chi connectivity index (χ3n) is 9.45. The minimum atomic E-state index is -0.900. The number of imide groups is 1. The van der Waals surface area contributed by atoms with Gasteiger partial charge < -0.3 is 9.64 Å². The lowest BCUT2D eigenvalue weighted by Gasteiger charge is -2.53. The number of carbonyl (C=O) groups excluding carboxylic acids is 3. The van der Waals surface area contributed by atoms with Crippen molar-refractivity contribution in [2.24, 2.45) is 5.92 Å². The number of nitrogens with one attached hydrogen (secondary N) is 1. The SMILES string of the molecule is N#Cc1ccccc1C1CN([C@@H]2CCCC[C@@H]2Oc2ccc3c(c2)CN(C24CC(C2)C(=O)NC4=O)C3=O)C1. The molecular formula is C30H30N4O4. The van der Waals surface area contributed by atoms with Crippen LogP contribution in [-0.4, -0.2) is 58.3 Å². The molecule has 4 heterocycles. The van der Waals surface area contributed by atoms with Crippen LogP contribution in [0.1, 0.15) is 71.5 Å². The Hall–Kier alpha value is -3.70. The molecule has 3 saturated heterocycles. The van der Waals surface area contributed by atoms with E-state index in [-0.39, 0.29) is 29.7 Å². The number of carbonyl (C=O) groups is 3. The van der Waals surface area contributed by atoms with E-state index in [1.807, 2.05) is 36.4 Å². The summed E-state index contributed by atoms with van der Waals surface area (Å²) in [4.78, 5) is 42.0. The summed E-state index contributed by atoms with van der Waals surface area (Å²) in [7, 11) is 0. The second-order valence-corrected chi connectivity index (χ2v) is 11.5. The molecule has 1 N–H and O–H groups in total. The molecule has 2 bridgehead atoms. The Labute approximate surface area is 221 Å². The summed E-state index contributed by atoms with van der Waals surface area (Å²) >= 11 is 0. The molecule has 0 unspecified atom stereocenters. The summed E-state index contributed by atoms with van der Waals surface area (Å²) in [6, 6.07) is 16.2. The third kappa shape index (κ3) is 3.48. The van der Waals surface area contributed by atoms with Crippen LogP contribution < -0.4 is 10.1 Å². The number of ether oxygens (including phenoxy) is 1. The molecule has 3 amide bonds. The van der Waals surface area contributed by atoms with Gasteiger partial charge in [0, 0.05) is 43.1 Å². The lowest BCUT2D eigenvalue weighted by molar-refractivity contribution is -0.160. The first kappa shape index (κ1) is 23.4. The molecule has 38 heavy (non-hydrogen) atoms. The second-order valence-electron chi connectivity index (χ2n) is 11.5. The smallest absolute Gasteiger partial charge is 0.255 e. The molecule has 2 atom stereocenters. The van der Waals surface area contributed by atoms with Gasteiger partial charge in [-0.05, 0) is 67.5 Å². The number of nitrogens with zero attached hydrogens (tertiary/aromatic N) is 3. The summed E-state index contributed by atoms with van der Waals surface area (Å²) in [6.45, 7) is 2.23. The van der Waals surface area contributed by atoms with E-state index in [1.165, 1.54) is 6.42 Å². The van der Waals surface area contributed by atoms with Crippen molar-refractivity contribution in [3.8, 4) is 11.8 Å². The molecule has 8 rings (SSSR count). The standard InChI is InChI=1S/C30H30N4O4/c31-14-18-5-1-2-6-23(18)21-15-33(16-21)25-7-3-4-8-26(25)38-22-9-10-24-19(11-22)17-34(28(24)36)30-12-20(13-30)27(35)32-29(30)37/h1-2,5-6,9-11,20-21,25-26H,3-4,7-8,12-13,15-17H2,(H,32,35,37)/t20?,25-,26+,30?/m1/s1. The second kappa shape index (κ2) is 8.67. The van der Waals surface area contributed by atoms with Gasteiger partial charge in [-0.2, -0.15) is 5.26 Å². The molecule has 194 valence electrons. The topological polar surface area (TPSA) is 103 Å². The maximum absolute atomic E-state index is 13.2. The predicted octanol–water partition coefficient (Wildman–Crippen LogP) is 3.11. The van der Waals surface area contributed by atoms with Gasteiger partial charge in [0.05, 0.1) is 11.6 Å². The first-order valence-corrected chi connectivity index (χ1v) is 13.7. The largest absolute Gasteiger partial charge is 0.489 e. The summed E-state index contributed by atoms with van der Waals surface area (Å²) in [5.74, 6) is 0.243. The molecule has 8 nitrogen and oxygen atoms in total. The Morgan fingerprint density at radius 1 is 1.00 bits per heavy atom. The number of rotatable bonds is 5. The fourth-order valence-electron chi connectivity index (χ4n) is 7.26. The minimum absolute atomic E-state index is 0.0725. The highest BCUT2D eigenvalue weighted by molar-refractivity contribution is 6.10. The van der Waals surface area contributed by atoms with E-state index >= 15 is 0 Å². The summed E-state index contributed by atoms with van der Waals surface area (Å²) < 4.78 is 6.57. The van der Waals surface area contributed by atoms with Gasteiger partial charge in [0.25, 0.3) is 11.8 Å². The van der Waals surface area contributed by atoms with Gasteiger partial charge in [-0.15, -0.1) is 0 Å². The Bertz CT molecular complexity index is 1380. The van der Waals surface area contributed by atoms with Crippen molar-refractivity contribution in [3.63, 3.8) is 0 Å². The third-order valence-corrected chi connectivity index (χ3v) is 9.45. The zero-order valence-electron chi connectivity index (χ0n) is 21.2. The van der Waals surface area contributed by atoms with Crippen molar-refractivity contribution in [1.29, 1.82) is 5.26 Å². The number of benzene rings is 2. The van der Waals surface area contributed by atoms with Crippen LogP contribution in [0.25, 0.3) is 0 Å². The van der Waals surface area contributed by atoms with E-state index in [2.05, 4.69) is 22.4 Å². The molecule has 2 aliphatic carbocycles. The van der Waals surface area contributed by atoms with Crippen molar-refractivity contribution in [3.05, 3.63) is 64.7 Å². The summed E-state index contributed by atoms with van der Waals surface area (Å²) in [6.07, 6.45) is 5.29. The van der Waals surface area contributed by atoms with Crippen LogP contribution in [-0.2, 0) is 16.1 Å². The highest BCUT2D eigenvalue weighted by Crippen LogP contribution is 2.49. The molecule has 5 fully saturated rings. The number of hydrogen-bond donors (Lipinski definition) is 1. The van der Waals surface area contributed by atoms with Crippen LogP contribution in [0.15, 0.2) is 42.5 Å². The number of amides is 3. The van der Waals surface area contributed by atoms with E-state index in [1.54, 1.807) is 4.90 Å². The molecular weight excluding hydrogens is 480 g/mol. The highest BCUT2D eigenvalue weighted by Gasteiger charge is 2.63. The Kier molecular flexibility index (Phi) is 5.34. The normalized spacial score (nSPS) is 30.7. The van der Waals surface area contributed by atoms with Gasteiger partial charge in [-0.25, -0.2) is 0 Å². The van der Waals surface area contributed by atoms with Crippen LogP contribution in [0.2, 0.25) is 0 Å². The average molecular weight is 511 g/mol. The molecule has 2 aromatic rings. The molecule has 6 aliphatic rings. The lowest BCUT2D eigenvalue weighted by atomic mass is 9.63. The molecule has 0 spiro atoms. The first-order chi connectivity index (χ1) is 18.5. The van der Waals surface area contributed by atoms with Gasteiger partial charge in [0.1, 0.15) is 17.4 Å². The lowest BCUT2D eigenvalue weighted by Crippen LogP contribution is -2.73. The highest BCUT2D eigenvalue weighted by atomic mass is 16.5. The monoisotopic (exact) mass is 510 g/mol. The zero-order valence-corrected chi connectivity index (χ0v) is 21.2. The van der Waals surface area contributed by atoms with Crippen molar-refractivity contribution in [1.82, 2.24) is 15.1 Å². The van der Waals surface area contributed by atoms with Crippen molar-refractivity contribution in [2.45, 2.75) is 68.7 Å². The average Bonchev–Trinajstić information content (AvgIpc) is 3.19. The van der Waals surface area contributed by atoms with Crippen LogP contribution in [0.5, 0.6) is 5.75 Å². The Balaban J connectivity index is 1.04. The summed E-state index contributed by atoms with van der Waals surface area (Å²) in [5, 5.41) is 11.9. The van der Waals surface area contributed by atoms with Crippen molar-refractivity contribution in [2.75, 3.05) is 13.1 Å². The number of piperidine rings is 2. The van der Waals surface area contributed by atoms with E-state index in [9.17, 15) is 19.6 Å². The van der Waals surface area contributed by atoms with E-state index < -0.39 is 5.54 Å². The maximum atomic E-state index is 13.2. The van der Waals surface area contributed by atoms with Gasteiger partial charge >= 0.3 is 0 Å². The molecule has 8 heteroatoms. The predicted molar refractivity (Wildman–Crippen MR) is 137 cm³/mol. The van der Waals surface area contributed by atoms with Crippen LogP contribution in [0, 0.1) is 17.2 Å². The van der Waals surface area contributed by atoms with Gasteiger partial charge in [-0.3, -0.25) is 24.6 Å². The molecule has 4 aliphatic heterocycles. The molecule has 0 radical (unpaired) electrons. The minimum Gasteiger partial charge on any atom is -0.489 e. The fraction of sp³-hybridized carbons (Fsp3) is 0.467. The van der Waals surface area contributed by atoms with E-state index in [0.29, 0.717) is 36.9 Å². The van der Waals surface area contributed by atoms with Gasteiger partial charge in [0.15, 0.2) is 0 Å². The fourth-order valence-corrected chi connectivity index (χ4v) is 7.26. The van der Waals surface area contributed by atoms with Gasteiger partial charge in [0.2, 0.25) is 5.91 Å². The van der Waals surface area contributed by atoms with Crippen molar-refractivity contribution >= 4 is 17.7 Å². The van der Waals surface area contributed by atoms with Crippen LogP contribution in [0.3, 0.4) is 0 Å². The molecule has 2 saturated carbocycles. The number of fused-ring (bicyclic) bond motifs is 3. The molecule has 2 aromatic carbocycles. The number of nitriles is 1. The zero-order chi connectivity index (χ0) is 26.0. The van der Waals surface area contributed by atoms with E-state index in [4.69, 9.17) is 4.74 Å². The van der Waals surface area contributed by atoms with Crippen LogP contribution >= 0.6 is 0 Å².